The number of hydrogen-bond donors (Lipinski definition) is 1. The van der Waals surface area contributed by atoms with Crippen LogP contribution in [0.4, 0.5) is 0 Å². The highest BCUT2D eigenvalue weighted by molar-refractivity contribution is 5.51. The van der Waals surface area contributed by atoms with Crippen molar-refractivity contribution in [2.24, 2.45) is 18.7 Å². The average molecular weight is 235 g/mol. The van der Waals surface area contributed by atoms with Gasteiger partial charge in [0.15, 0.2) is 0 Å². The predicted molar refractivity (Wildman–Crippen MR) is 63.1 cm³/mol. The fourth-order valence-corrected chi connectivity index (χ4v) is 1.70. The van der Waals surface area contributed by atoms with Crippen molar-refractivity contribution in [3.05, 3.63) is 18.3 Å². The van der Waals surface area contributed by atoms with E-state index in [4.69, 9.17) is 10.3 Å². The minimum Gasteiger partial charge on any atom is -0.339 e. The Morgan fingerprint density at radius 3 is 2.76 bits per heavy atom. The summed E-state index contributed by atoms with van der Waals surface area (Å²) in [6.45, 7) is 4.68. The minimum atomic E-state index is 0.105. The van der Waals surface area contributed by atoms with Gasteiger partial charge < -0.3 is 10.3 Å². The second-order valence-electron chi connectivity index (χ2n) is 4.45. The molecule has 2 aromatic rings. The van der Waals surface area contributed by atoms with Crippen molar-refractivity contribution >= 4 is 0 Å². The molecule has 0 bridgehead atoms. The normalized spacial score (nSPS) is 13.2. The van der Waals surface area contributed by atoms with Crippen LogP contribution in [-0.2, 0) is 7.05 Å². The first-order valence-corrected chi connectivity index (χ1v) is 5.64. The molecule has 0 saturated carbocycles. The second kappa shape index (κ2) is 4.67. The molecule has 0 aromatic carbocycles. The highest BCUT2D eigenvalue weighted by Gasteiger charge is 2.21. The molecule has 2 N–H and O–H groups in total. The molecule has 92 valence electrons. The highest BCUT2D eigenvalue weighted by Crippen LogP contribution is 2.24. The van der Waals surface area contributed by atoms with Crippen molar-refractivity contribution in [3.8, 4) is 11.4 Å². The molecule has 0 aliphatic carbocycles. The third kappa shape index (κ3) is 2.36. The minimum absolute atomic E-state index is 0.105. The summed E-state index contributed by atoms with van der Waals surface area (Å²) < 4.78 is 6.97. The van der Waals surface area contributed by atoms with E-state index in [2.05, 4.69) is 29.1 Å². The molecule has 2 heterocycles. The molecule has 6 heteroatoms. The van der Waals surface area contributed by atoms with E-state index < -0.39 is 0 Å². The van der Waals surface area contributed by atoms with Gasteiger partial charge in [-0.05, 0) is 5.92 Å². The van der Waals surface area contributed by atoms with Gasteiger partial charge in [-0.25, -0.2) is 0 Å². The molecular formula is C11H17N5O. The van der Waals surface area contributed by atoms with E-state index in [-0.39, 0.29) is 5.92 Å². The predicted octanol–water partition coefficient (Wildman–Crippen LogP) is 1.17. The van der Waals surface area contributed by atoms with Crippen LogP contribution in [0.3, 0.4) is 0 Å². The molecule has 0 amide bonds. The lowest BCUT2D eigenvalue weighted by Gasteiger charge is -2.13. The summed E-state index contributed by atoms with van der Waals surface area (Å²) in [5, 5.41) is 8.03. The van der Waals surface area contributed by atoms with Gasteiger partial charge in [-0.1, -0.05) is 19.0 Å². The van der Waals surface area contributed by atoms with Gasteiger partial charge in [0.05, 0.1) is 17.7 Å². The van der Waals surface area contributed by atoms with Crippen LogP contribution in [0.25, 0.3) is 11.4 Å². The quantitative estimate of drug-likeness (QED) is 0.860. The van der Waals surface area contributed by atoms with E-state index in [0.29, 0.717) is 24.2 Å². The molecule has 0 radical (unpaired) electrons. The lowest BCUT2D eigenvalue weighted by atomic mass is 9.96. The molecule has 6 nitrogen and oxygen atoms in total. The third-order valence-corrected chi connectivity index (χ3v) is 2.78. The molecular weight excluding hydrogens is 218 g/mol. The van der Waals surface area contributed by atoms with Crippen molar-refractivity contribution in [2.75, 3.05) is 6.54 Å². The van der Waals surface area contributed by atoms with Crippen LogP contribution in [0.2, 0.25) is 0 Å². The summed E-state index contributed by atoms with van der Waals surface area (Å²) in [5.74, 6) is 1.64. The van der Waals surface area contributed by atoms with Gasteiger partial charge in [-0.2, -0.15) is 10.1 Å². The Bertz CT molecular complexity index is 488. The van der Waals surface area contributed by atoms with Gasteiger partial charge in [0.1, 0.15) is 0 Å². The van der Waals surface area contributed by atoms with Crippen LogP contribution in [0, 0.1) is 5.92 Å². The molecule has 0 aliphatic rings. The number of nitrogens with two attached hydrogens (primary N) is 1. The maximum absolute atomic E-state index is 5.71. The van der Waals surface area contributed by atoms with Gasteiger partial charge >= 0.3 is 0 Å². The number of aryl methyl sites for hydroxylation is 1. The SMILES string of the molecule is CC(C)C(CN)c1nc(-c2cnn(C)c2)no1. The standard InChI is InChI=1S/C11H17N5O/c1-7(2)9(4-12)11-14-10(15-17-11)8-5-13-16(3)6-8/h5-7,9H,4,12H2,1-3H3. The largest absolute Gasteiger partial charge is 0.339 e. The number of nitrogens with zero attached hydrogens (tertiary/aromatic N) is 4. The first-order valence-electron chi connectivity index (χ1n) is 5.64. The molecule has 0 saturated heterocycles. The van der Waals surface area contributed by atoms with Crippen molar-refractivity contribution in [3.63, 3.8) is 0 Å². The summed E-state index contributed by atoms with van der Waals surface area (Å²) >= 11 is 0. The molecule has 2 aromatic heterocycles. The molecule has 1 unspecified atom stereocenters. The van der Waals surface area contributed by atoms with E-state index in [1.807, 2.05) is 13.2 Å². The maximum atomic E-state index is 5.71. The van der Waals surface area contributed by atoms with Gasteiger partial charge in [-0.15, -0.1) is 0 Å². The van der Waals surface area contributed by atoms with E-state index >= 15 is 0 Å². The van der Waals surface area contributed by atoms with Crippen LogP contribution in [-0.4, -0.2) is 26.5 Å². The highest BCUT2D eigenvalue weighted by atomic mass is 16.5. The Morgan fingerprint density at radius 1 is 1.47 bits per heavy atom. The first kappa shape index (κ1) is 11.8. The summed E-state index contributed by atoms with van der Waals surface area (Å²) in [6.07, 6.45) is 3.56. The van der Waals surface area contributed by atoms with Crippen LogP contribution >= 0.6 is 0 Å². The van der Waals surface area contributed by atoms with E-state index in [9.17, 15) is 0 Å². The summed E-state index contributed by atoms with van der Waals surface area (Å²) in [5.41, 5.74) is 6.56. The Morgan fingerprint density at radius 2 is 2.24 bits per heavy atom. The summed E-state index contributed by atoms with van der Waals surface area (Å²) in [6, 6.07) is 0. The van der Waals surface area contributed by atoms with Crippen LogP contribution in [0.1, 0.15) is 25.7 Å². The third-order valence-electron chi connectivity index (χ3n) is 2.78. The van der Waals surface area contributed by atoms with Crippen molar-refractivity contribution in [1.29, 1.82) is 0 Å². The molecule has 2 rings (SSSR count). The Hall–Kier alpha value is -1.69. The Balaban J connectivity index is 2.26. The zero-order valence-corrected chi connectivity index (χ0v) is 10.3. The average Bonchev–Trinajstić information content (AvgIpc) is 2.87. The lowest BCUT2D eigenvalue weighted by molar-refractivity contribution is 0.324. The van der Waals surface area contributed by atoms with Crippen LogP contribution < -0.4 is 5.73 Å². The molecule has 0 fully saturated rings. The van der Waals surface area contributed by atoms with Gasteiger partial charge in [0, 0.05) is 19.8 Å². The van der Waals surface area contributed by atoms with Crippen molar-refractivity contribution < 1.29 is 4.52 Å². The van der Waals surface area contributed by atoms with Gasteiger partial charge in [-0.3, -0.25) is 4.68 Å². The zero-order valence-electron chi connectivity index (χ0n) is 10.3. The molecule has 17 heavy (non-hydrogen) atoms. The van der Waals surface area contributed by atoms with Gasteiger partial charge in [0.25, 0.3) is 0 Å². The fourth-order valence-electron chi connectivity index (χ4n) is 1.70. The second-order valence-corrected chi connectivity index (χ2v) is 4.45. The lowest BCUT2D eigenvalue weighted by Crippen LogP contribution is -2.18. The molecule has 0 spiro atoms. The van der Waals surface area contributed by atoms with Crippen molar-refractivity contribution in [2.45, 2.75) is 19.8 Å². The van der Waals surface area contributed by atoms with E-state index in [1.54, 1.807) is 10.9 Å². The topological polar surface area (TPSA) is 82.8 Å². The van der Waals surface area contributed by atoms with E-state index in [1.165, 1.54) is 0 Å². The monoisotopic (exact) mass is 235 g/mol. The Labute approximate surface area is 99.8 Å². The van der Waals surface area contributed by atoms with Crippen molar-refractivity contribution in [1.82, 2.24) is 19.9 Å². The van der Waals surface area contributed by atoms with Gasteiger partial charge in [0.2, 0.25) is 11.7 Å². The smallest absolute Gasteiger partial charge is 0.231 e. The summed E-state index contributed by atoms with van der Waals surface area (Å²) in [7, 11) is 1.85. The zero-order chi connectivity index (χ0) is 12.4. The number of hydrogen-bond acceptors (Lipinski definition) is 5. The molecule has 0 aliphatic heterocycles. The van der Waals surface area contributed by atoms with E-state index in [0.717, 1.165) is 5.56 Å². The van der Waals surface area contributed by atoms with Crippen LogP contribution in [0.5, 0.6) is 0 Å². The molecule has 1 atom stereocenters. The number of aromatic nitrogens is 4. The maximum Gasteiger partial charge on any atom is 0.231 e. The Kier molecular flexibility index (Phi) is 3.23. The fraction of sp³-hybridized carbons (Fsp3) is 0.545. The first-order chi connectivity index (χ1) is 8.11. The number of rotatable bonds is 4. The van der Waals surface area contributed by atoms with Crippen LogP contribution in [0.15, 0.2) is 16.9 Å². The summed E-state index contributed by atoms with van der Waals surface area (Å²) in [4.78, 5) is 4.38.